The van der Waals surface area contributed by atoms with Crippen molar-refractivity contribution >= 4 is 51.1 Å². The molecule has 1 atom stereocenters. The molecule has 3 aromatic rings. The predicted molar refractivity (Wildman–Crippen MR) is 113 cm³/mol. The summed E-state index contributed by atoms with van der Waals surface area (Å²) in [5, 5.41) is 26.6. The number of aliphatic hydroxyl groups is 1. The van der Waals surface area contributed by atoms with Crippen molar-refractivity contribution in [1.82, 2.24) is 20.4 Å². The monoisotopic (exact) mass is 454 g/mol. The maximum absolute atomic E-state index is 12.1. The number of halogens is 1. The topological polar surface area (TPSA) is 113 Å². The number of anilines is 2. The largest absolute Gasteiger partial charge is 0.464 e. The van der Waals surface area contributed by atoms with Gasteiger partial charge >= 0.3 is 0 Å². The van der Waals surface area contributed by atoms with Crippen LogP contribution in [0.15, 0.2) is 30.5 Å². The minimum atomic E-state index is -0.161. The van der Waals surface area contributed by atoms with Gasteiger partial charge in [-0.3, -0.25) is 4.79 Å². The maximum atomic E-state index is 12.1. The molecule has 1 aliphatic rings. The Morgan fingerprint density at radius 1 is 1.31 bits per heavy atom. The zero-order valence-corrected chi connectivity index (χ0v) is 17.9. The molecule has 0 saturated carbocycles. The molecule has 3 aromatic heterocycles. The van der Waals surface area contributed by atoms with Gasteiger partial charge in [-0.25, -0.2) is 0 Å². The first-order valence-corrected chi connectivity index (χ1v) is 10.7. The van der Waals surface area contributed by atoms with Gasteiger partial charge in [0, 0.05) is 31.1 Å². The number of ether oxygens (including phenoxy) is 1. The lowest BCUT2D eigenvalue weighted by Gasteiger charge is -2.16. The Morgan fingerprint density at radius 2 is 2.17 bits per heavy atom. The zero-order valence-electron chi connectivity index (χ0n) is 15.5. The lowest BCUT2D eigenvalue weighted by atomic mass is 10.3. The summed E-state index contributed by atoms with van der Waals surface area (Å²) in [5.74, 6) is 0.674. The molecular formula is C17H19ClN6O3S2. The number of carbonyl (C=O) groups excluding carboxylic acids is 1. The van der Waals surface area contributed by atoms with Gasteiger partial charge in [-0.15, -0.1) is 21.5 Å². The van der Waals surface area contributed by atoms with Gasteiger partial charge < -0.3 is 20.1 Å². The maximum Gasteiger partial charge on any atom is 0.296 e. The molecule has 0 bridgehead atoms. The molecule has 2 N–H and O–H groups in total. The fraction of sp³-hybridized carbons (Fsp3) is 0.353. The van der Waals surface area contributed by atoms with E-state index in [2.05, 4.69) is 30.6 Å². The number of thiophene rings is 1. The van der Waals surface area contributed by atoms with Crippen molar-refractivity contribution < 1.29 is 14.6 Å². The van der Waals surface area contributed by atoms with Crippen molar-refractivity contribution in [3.63, 3.8) is 0 Å². The highest BCUT2D eigenvalue weighted by molar-refractivity contribution is 7.17. The first-order valence-electron chi connectivity index (χ1n) is 8.67. The first-order chi connectivity index (χ1) is 14.2. The lowest BCUT2D eigenvalue weighted by Crippen LogP contribution is -2.25. The molecule has 154 valence electrons. The predicted octanol–water partition coefficient (Wildman–Crippen LogP) is 2.49. The van der Waals surface area contributed by atoms with E-state index in [1.54, 1.807) is 12.3 Å². The number of aliphatic hydroxyl groups excluding tert-OH is 1. The highest BCUT2D eigenvalue weighted by Gasteiger charge is 2.26. The average Bonchev–Trinajstić information content (AvgIpc) is 3.47. The van der Waals surface area contributed by atoms with E-state index < -0.39 is 0 Å². The number of amides is 1. The van der Waals surface area contributed by atoms with Crippen molar-refractivity contribution in [1.29, 1.82) is 0 Å². The highest BCUT2D eigenvalue weighted by Crippen LogP contribution is 2.27. The fourth-order valence-corrected chi connectivity index (χ4v) is 4.48. The molecule has 1 unspecified atom stereocenters. The number of rotatable bonds is 6. The Morgan fingerprint density at radius 3 is 2.90 bits per heavy atom. The summed E-state index contributed by atoms with van der Waals surface area (Å²) in [4.78, 5) is 15.1. The van der Waals surface area contributed by atoms with Crippen LogP contribution in [0.4, 0.5) is 10.9 Å². The first kappa shape index (κ1) is 21.4. The molecule has 1 amide bonds. The Bertz CT molecular complexity index is 923. The molecule has 12 heteroatoms. The van der Waals surface area contributed by atoms with Crippen LogP contribution in [0.1, 0.15) is 11.3 Å². The van der Waals surface area contributed by atoms with E-state index in [0.29, 0.717) is 21.2 Å². The van der Waals surface area contributed by atoms with Gasteiger partial charge in [0.15, 0.2) is 5.82 Å². The Kier molecular flexibility index (Phi) is 7.69. The molecular weight excluding hydrogens is 436 g/mol. The van der Waals surface area contributed by atoms with E-state index in [9.17, 15) is 4.79 Å². The normalized spacial score (nSPS) is 15.6. The second-order valence-corrected chi connectivity index (χ2v) is 8.60. The van der Waals surface area contributed by atoms with Gasteiger partial charge in [0.1, 0.15) is 6.10 Å². The van der Waals surface area contributed by atoms with E-state index >= 15 is 0 Å². The Hall–Kier alpha value is -2.34. The van der Waals surface area contributed by atoms with Crippen molar-refractivity contribution in [2.24, 2.45) is 0 Å². The van der Waals surface area contributed by atoms with E-state index in [1.165, 1.54) is 22.7 Å². The summed E-state index contributed by atoms with van der Waals surface area (Å²) in [5.41, 5.74) is 0. The van der Waals surface area contributed by atoms with E-state index in [4.69, 9.17) is 21.4 Å². The van der Waals surface area contributed by atoms with Crippen LogP contribution in [0.25, 0.3) is 0 Å². The van der Waals surface area contributed by atoms with Gasteiger partial charge in [-0.2, -0.15) is 5.10 Å². The molecule has 29 heavy (non-hydrogen) atoms. The summed E-state index contributed by atoms with van der Waals surface area (Å²) in [7, 11) is 1.00. The van der Waals surface area contributed by atoms with Crippen LogP contribution in [0.5, 0.6) is 5.19 Å². The van der Waals surface area contributed by atoms with Gasteiger partial charge in [0.2, 0.25) is 11.0 Å². The van der Waals surface area contributed by atoms with Crippen LogP contribution in [-0.2, 0) is 11.2 Å². The number of nitrogens with zero attached hydrogens (tertiary/aromatic N) is 5. The van der Waals surface area contributed by atoms with Crippen LogP contribution in [0.2, 0.25) is 4.34 Å². The second kappa shape index (κ2) is 10.4. The SMILES string of the molecule is CO.O=C(Cc1ccc(Cl)s1)Nc1nnc(OC2CCN(c3cccnn3)C2)s1. The standard InChI is InChI=1S/C16H15ClN6O2S2.CH4O/c17-12-4-3-11(26-12)8-14(24)19-15-21-22-16(27-15)25-10-5-7-23(9-10)13-2-1-6-18-20-13;1-2/h1-4,6,10H,5,7-9H2,(H,19,21,24);2H,1H3. The molecule has 1 aliphatic heterocycles. The molecule has 0 spiro atoms. The number of nitrogens with one attached hydrogen (secondary N) is 1. The number of hydrogen-bond donors (Lipinski definition) is 2. The summed E-state index contributed by atoms with van der Waals surface area (Å²) >= 11 is 8.48. The number of carbonyl (C=O) groups is 1. The number of hydrogen-bond acceptors (Lipinski definition) is 10. The molecule has 0 radical (unpaired) electrons. The zero-order chi connectivity index (χ0) is 20.6. The minimum absolute atomic E-state index is 0.00299. The van der Waals surface area contributed by atoms with Crippen LogP contribution in [0, 0.1) is 0 Å². The average molecular weight is 455 g/mol. The smallest absolute Gasteiger partial charge is 0.296 e. The molecule has 0 aliphatic carbocycles. The highest BCUT2D eigenvalue weighted by atomic mass is 35.5. The van der Waals surface area contributed by atoms with Crippen molar-refractivity contribution in [3.8, 4) is 5.19 Å². The second-order valence-electron chi connectivity index (χ2n) is 5.86. The quantitative estimate of drug-likeness (QED) is 0.584. The summed E-state index contributed by atoms with van der Waals surface area (Å²) in [6.07, 6.45) is 2.76. The molecule has 1 fully saturated rings. The Labute approximate surface area is 180 Å². The van der Waals surface area contributed by atoms with E-state index in [1.807, 2.05) is 18.2 Å². The molecule has 9 nitrogen and oxygen atoms in total. The minimum Gasteiger partial charge on any atom is -0.464 e. The summed E-state index contributed by atoms with van der Waals surface area (Å²) in [6, 6.07) is 7.40. The summed E-state index contributed by atoms with van der Waals surface area (Å²) in [6.45, 7) is 1.55. The van der Waals surface area contributed by atoms with Crippen molar-refractivity contribution in [3.05, 3.63) is 39.7 Å². The lowest BCUT2D eigenvalue weighted by molar-refractivity contribution is -0.115. The van der Waals surface area contributed by atoms with Gasteiger partial charge in [-0.1, -0.05) is 16.7 Å². The number of aromatic nitrogens is 4. The van der Waals surface area contributed by atoms with E-state index in [-0.39, 0.29) is 18.4 Å². The summed E-state index contributed by atoms with van der Waals surface area (Å²) < 4.78 is 6.56. The van der Waals surface area contributed by atoms with Crippen molar-refractivity contribution in [2.45, 2.75) is 18.9 Å². The van der Waals surface area contributed by atoms with Crippen LogP contribution in [0.3, 0.4) is 0 Å². The van der Waals surface area contributed by atoms with Crippen LogP contribution < -0.4 is 15.0 Å². The van der Waals surface area contributed by atoms with Gasteiger partial charge in [0.05, 0.1) is 17.3 Å². The third-order valence-corrected chi connectivity index (χ3v) is 5.87. The third kappa shape index (κ3) is 6.07. The molecule has 4 rings (SSSR count). The van der Waals surface area contributed by atoms with Gasteiger partial charge in [0.25, 0.3) is 5.19 Å². The Balaban J connectivity index is 0.00000117. The van der Waals surface area contributed by atoms with Gasteiger partial charge in [-0.05, 0) is 35.6 Å². The van der Waals surface area contributed by atoms with Crippen LogP contribution in [-0.4, -0.2) is 57.7 Å². The van der Waals surface area contributed by atoms with E-state index in [0.717, 1.165) is 30.8 Å². The molecule has 0 aromatic carbocycles. The van der Waals surface area contributed by atoms with Crippen LogP contribution >= 0.6 is 34.3 Å². The van der Waals surface area contributed by atoms with Crippen molar-refractivity contribution in [2.75, 3.05) is 30.4 Å². The fourth-order valence-electron chi connectivity index (χ4n) is 2.71. The molecule has 4 heterocycles. The third-order valence-electron chi connectivity index (χ3n) is 3.91. The molecule has 1 saturated heterocycles.